The van der Waals surface area contributed by atoms with E-state index in [1.165, 1.54) is 0 Å². The highest BCUT2D eigenvalue weighted by Gasteiger charge is 2.41. The Morgan fingerprint density at radius 2 is 1.62 bits per heavy atom. The van der Waals surface area contributed by atoms with Crippen LogP contribution in [0.25, 0.3) is 0 Å². The number of aliphatic hydroxyl groups is 1. The number of benzene rings is 2. The molecule has 122 valence electrons. The van der Waals surface area contributed by atoms with Crippen LogP contribution in [0.5, 0.6) is 0 Å². The second-order valence-corrected chi connectivity index (χ2v) is 5.45. The molecule has 0 aliphatic heterocycles. The van der Waals surface area contributed by atoms with E-state index in [-0.39, 0.29) is 6.61 Å². The molecule has 0 aliphatic carbocycles. The van der Waals surface area contributed by atoms with Gasteiger partial charge in [-0.1, -0.05) is 65.8 Å². The van der Waals surface area contributed by atoms with E-state index in [2.05, 4.69) is 5.16 Å². The Bertz CT molecular complexity index is 772. The third-order valence-electron chi connectivity index (χ3n) is 3.71. The average Bonchev–Trinajstić information content (AvgIpc) is 3.05. The van der Waals surface area contributed by atoms with Crippen molar-refractivity contribution in [1.29, 1.82) is 0 Å². The topological polar surface area (TPSA) is 72.6 Å². The van der Waals surface area contributed by atoms with E-state index in [4.69, 9.17) is 9.26 Å². The van der Waals surface area contributed by atoms with Crippen LogP contribution in [0, 0.1) is 6.92 Å². The molecule has 3 aromatic rings. The summed E-state index contributed by atoms with van der Waals surface area (Å²) in [6.07, 6.45) is 0. The Morgan fingerprint density at radius 3 is 2.08 bits per heavy atom. The molecule has 0 atom stereocenters. The average molecular weight is 323 g/mol. The van der Waals surface area contributed by atoms with Gasteiger partial charge in [-0.25, -0.2) is 4.79 Å². The van der Waals surface area contributed by atoms with Gasteiger partial charge in [-0.15, -0.1) is 0 Å². The van der Waals surface area contributed by atoms with Gasteiger partial charge in [-0.05, 0) is 18.1 Å². The first kappa shape index (κ1) is 16.0. The van der Waals surface area contributed by atoms with Crippen LogP contribution in [0.1, 0.15) is 22.6 Å². The summed E-state index contributed by atoms with van der Waals surface area (Å²) in [5.74, 6) is -0.136. The summed E-state index contributed by atoms with van der Waals surface area (Å²) < 4.78 is 10.3. The number of nitrogens with zero attached hydrogens (tertiary/aromatic N) is 1. The Kier molecular flexibility index (Phi) is 4.44. The summed E-state index contributed by atoms with van der Waals surface area (Å²) in [4.78, 5) is 12.7. The molecule has 0 radical (unpaired) electrons. The number of rotatable bonds is 5. The highest BCUT2D eigenvalue weighted by atomic mass is 16.6. The Hall–Kier alpha value is -2.92. The first-order valence-electron chi connectivity index (χ1n) is 7.53. The normalized spacial score (nSPS) is 11.2. The lowest BCUT2D eigenvalue weighted by molar-refractivity contribution is -0.163. The summed E-state index contributed by atoms with van der Waals surface area (Å²) in [7, 11) is 0. The van der Waals surface area contributed by atoms with Gasteiger partial charge in [-0.3, -0.25) is 0 Å². The van der Waals surface area contributed by atoms with Crippen molar-refractivity contribution in [2.75, 3.05) is 0 Å². The van der Waals surface area contributed by atoms with Gasteiger partial charge in [0, 0.05) is 6.07 Å². The highest BCUT2D eigenvalue weighted by Crippen LogP contribution is 2.31. The molecule has 0 aliphatic rings. The predicted octanol–water partition coefficient (Wildman–Crippen LogP) is 2.96. The fraction of sp³-hybridized carbons (Fsp3) is 0.158. The quantitative estimate of drug-likeness (QED) is 0.731. The molecule has 1 N–H and O–H groups in total. The van der Waals surface area contributed by atoms with Crippen LogP contribution >= 0.6 is 0 Å². The van der Waals surface area contributed by atoms with Gasteiger partial charge in [0.2, 0.25) is 5.60 Å². The molecule has 2 aromatic carbocycles. The minimum Gasteiger partial charge on any atom is -0.456 e. The number of carbonyl (C=O) groups is 1. The lowest BCUT2D eigenvalue weighted by Crippen LogP contribution is -2.38. The molecule has 0 unspecified atom stereocenters. The van der Waals surface area contributed by atoms with Crippen molar-refractivity contribution in [2.45, 2.75) is 19.1 Å². The summed E-state index contributed by atoms with van der Waals surface area (Å²) in [6, 6.07) is 19.1. The Balaban J connectivity index is 1.91. The van der Waals surface area contributed by atoms with Crippen LogP contribution in [0.2, 0.25) is 0 Å². The minimum absolute atomic E-state index is 0.0713. The molecule has 1 heterocycles. The highest BCUT2D eigenvalue weighted by molar-refractivity contribution is 5.85. The van der Waals surface area contributed by atoms with Gasteiger partial charge in [0.15, 0.2) is 0 Å². The molecule has 0 bridgehead atoms. The van der Waals surface area contributed by atoms with Crippen molar-refractivity contribution in [3.05, 3.63) is 89.3 Å². The fourth-order valence-electron chi connectivity index (χ4n) is 2.49. The standard InChI is InChI=1S/C19H17NO4/c1-14-12-17(20-24-14)13-23-18(21)19(22,15-8-4-2-5-9-15)16-10-6-3-7-11-16/h2-12,22H,13H2,1H3. The summed E-state index contributed by atoms with van der Waals surface area (Å²) in [5, 5.41) is 15.0. The Morgan fingerprint density at radius 1 is 1.08 bits per heavy atom. The van der Waals surface area contributed by atoms with Gasteiger partial charge in [0.1, 0.15) is 18.1 Å². The van der Waals surface area contributed by atoms with Gasteiger partial charge >= 0.3 is 5.97 Å². The molecule has 24 heavy (non-hydrogen) atoms. The first-order valence-corrected chi connectivity index (χ1v) is 7.53. The molecule has 3 rings (SSSR count). The SMILES string of the molecule is Cc1cc(COC(=O)C(O)(c2ccccc2)c2ccccc2)no1. The number of esters is 1. The summed E-state index contributed by atoms with van der Waals surface area (Å²) in [6.45, 7) is 1.68. The van der Waals surface area contributed by atoms with Crippen LogP contribution in [0.3, 0.4) is 0 Å². The zero-order valence-electron chi connectivity index (χ0n) is 13.2. The van der Waals surface area contributed by atoms with Crippen LogP contribution < -0.4 is 0 Å². The maximum atomic E-state index is 12.7. The van der Waals surface area contributed by atoms with Crippen molar-refractivity contribution in [3.8, 4) is 0 Å². The van der Waals surface area contributed by atoms with Crippen LogP contribution in [0.4, 0.5) is 0 Å². The largest absolute Gasteiger partial charge is 0.456 e. The number of ether oxygens (including phenoxy) is 1. The van der Waals surface area contributed by atoms with Crippen LogP contribution in [-0.2, 0) is 21.7 Å². The molecular formula is C19H17NO4. The molecule has 0 spiro atoms. The maximum absolute atomic E-state index is 12.7. The smallest absolute Gasteiger partial charge is 0.348 e. The number of aromatic nitrogens is 1. The summed E-state index contributed by atoms with van der Waals surface area (Å²) >= 11 is 0. The molecule has 5 heteroatoms. The second-order valence-electron chi connectivity index (χ2n) is 5.45. The third kappa shape index (κ3) is 3.07. The molecule has 0 saturated heterocycles. The molecule has 0 saturated carbocycles. The number of hydrogen-bond donors (Lipinski definition) is 1. The van der Waals surface area contributed by atoms with E-state index in [1.807, 2.05) is 12.1 Å². The van der Waals surface area contributed by atoms with E-state index in [0.29, 0.717) is 22.6 Å². The van der Waals surface area contributed by atoms with Gasteiger partial charge in [0.25, 0.3) is 0 Å². The lowest BCUT2D eigenvalue weighted by Gasteiger charge is -2.26. The fourth-order valence-corrected chi connectivity index (χ4v) is 2.49. The monoisotopic (exact) mass is 323 g/mol. The zero-order valence-corrected chi connectivity index (χ0v) is 13.2. The molecule has 1 aromatic heterocycles. The van der Waals surface area contributed by atoms with E-state index < -0.39 is 11.6 Å². The summed E-state index contributed by atoms with van der Waals surface area (Å²) in [5.41, 5.74) is -0.513. The van der Waals surface area contributed by atoms with Crippen molar-refractivity contribution in [1.82, 2.24) is 5.16 Å². The van der Waals surface area contributed by atoms with Crippen molar-refractivity contribution < 1.29 is 19.2 Å². The Labute approximate surface area is 139 Å². The molecule has 0 fully saturated rings. The lowest BCUT2D eigenvalue weighted by atomic mass is 9.86. The zero-order chi connectivity index (χ0) is 17.0. The first-order chi connectivity index (χ1) is 11.6. The number of carbonyl (C=O) groups excluding carboxylic acids is 1. The minimum atomic E-state index is -1.89. The maximum Gasteiger partial charge on any atom is 0.348 e. The van der Waals surface area contributed by atoms with Gasteiger partial charge in [0.05, 0.1) is 0 Å². The molecular weight excluding hydrogens is 306 g/mol. The molecule has 0 amide bonds. The number of hydrogen-bond acceptors (Lipinski definition) is 5. The third-order valence-corrected chi connectivity index (χ3v) is 3.71. The van der Waals surface area contributed by atoms with E-state index in [0.717, 1.165) is 0 Å². The van der Waals surface area contributed by atoms with Crippen molar-refractivity contribution in [2.24, 2.45) is 0 Å². The van der Waals surface area contributed by atoms with Crippen molar-refractivity contribution in [3.63, 3.8) is 0 Å². The predicted molar refractivity (Wildman–Crippen MR) is 86.9 cm³/mol. The second kappa shape index (κ2) is 6.68. The molecule has 5 nitrogen and oxygen atoms in total. The van der Waals surface area contributed by atoms with Crippen molar-refractivity contribution >= 4 is 5.97 Å². The van der Waals surface area contributed by atoms with E-state index >= 15 is 0 Å². The van der Waals surface area contributed by atoms with E-state index in [9.17, 15) is 9.90 Å². The van der Waals surface area contributed by atoms with Gasteiger partial charge in [-0.2, -0.15) is 0 Å². The van der Waals surface area contributed by atoms with Crippen LogP contribution in [0.15, 0.2) is 71.3 Å². The number of aryl methyl sites for hydroxylation is 1. The van der Waals surface area contributed by atoms with E-state index in [1.54, 1.807) is 61.5 Å². The van der Waals surface area contributed by atoms with Crippen LogP contribution in [-0.4, -0.2) is 16.2 Å². The van der Waals surface area contributed by atoms with Gasteiger partial charge < -0.3 is 14.4 Å².